The predicted octanol–water partition coefficient (Wildman–Crippen LogP) is 2.98. The molecule has 1 atom stereocenters. The summed E-state index contributed by atoms with van der Waals surface area (Å²) in [6.45, 7) is 2.40. The fraction of sp³-hybridized carbons (Fsp3) is 0.294. The lowest BCUT2D eigenvalue weighted by atomic mass is 10.3. The first-order valence-electron chi connectivity index (χ1n) is 7.24. The fourth-order valence-corrected chi connectivity index (χ4v) is 2.98. The quantitative estimate of drug-likeness (QED) is 0.843. The first-order valence-corrected chi connectivity index (χ1v) is 9.13. The first kappa shape index (κ1) is 17.1. The highest BCUT2D eigenvalue weighted by molar-refractivity contribution is 7.90. The molecule has 0 aliphatic heterocycles. The van der Waals surface area contributed by atoms with E-state index in [9.17, 15) is 8.42 Å². The van der Waals surface area contributed by atoms with E-state index in [0.717, 1.165) is 11.5 Å². The maximum Gasteiger partial charge on any atom is 0.177 e. The van der Waals surface area contributed by atoms with Gasteiger partial charge < -0.3 is 14.8 Å². The molecular weight excluding hydrogens is 314 g/mol. The van der Waals surface area contributed by atoms with Gasteiger partial charge in [-0.05, 0) is 43.3 Å². The van der Waals surface area contributed by atoms with Crippen LogP contribution in [0.4, 0.5) is 5.69 Å². The molecule has 1 N–H and O–H groups in total. The molecular formula is C17H21NO4S. The molecule has 0 aromatic heterocycles. The van der Waals surface area contributed by atoms with Crippen LogP contribution in [0, 0.1) is 0 Å². The van der Waals surface area contributed by atoms with Crippen LogP contribution in [0.5, 0.6) is 11.5 Å². The number of nitrogens with one attached hydrogen (secondary N) is 1. The van der Waals surface area contributed by atoms with Crippen molar-refractivity contribution in [2.45, 2.75) is 17.9 Å². The molecule has 0 heterocycles. The third-order valence-corrected chi connectivity index (χ3v) is 4.42. The van der Waals surface area contributed by atoms with Crippen molar-refractivity contribution in [3.8, 4) is 11.5 Å². The summed E-state index contributed by atoms with van der Waals surface area (Å²) >= 11 is 0. The van der Waals surface area contributed by atoms with Crippen LogP contribution in [-0.2, 0) is 9.84 Å². The fourth-order valence-electron chi connectivity index (χ4n) is 2.12. The highest BCUT2D eigenvalue weighted by Gasteiger charge is 2.13. The zero-order valence-corrected chi connectivity index (χ0v) is 14.3. The Labute approximate surface area is 137 Å². The number of methoxy groups -OCH3 is 1. The average Bonchev–Trinajstić information content (AvgIpc) is 2.53. The van der Waals surface area contributed by atoms with Crippen molar-refractivity contribution in [1.29, 1.82) is 0 Å². The Morgan fingerprint density at radius 3 is 2.26 bits per heavy atom. The van der Waals surface area contributed by atoms with Crippen LogP contribution in [0.25, 0.3) is 0 Å². The van der Waals surface area contributed by atoms with Crippen molar-refractivity contribution in [2.24, 2.45) is 0 Å². The summed E-state index contributed by atoms with van der Waals surface area (Å²) in [5.74, 6) is 1.50. The molecule has 0 radical (unpaired) electrons. The maximum absolute atomic E-state index is 11.8. The van der Waals surface area contributed by atoms with Crippen molar-refractivity contribution in [1.82, 2.24) is 0 Å². The standard InChI is InChI=1S/C17H21NO4S/c1-13(22-15-10-8-14(21-2)9-11-15)12-18-16-6-4-5-7-17(16)23(3,19)20/h4-11,13,18H,12H2,1-3H3. The second kappa shape index (κ2) is 7.37. The van der Waals surface area contributed by atoms with Gasteiger partial charge in [-0.1, -0.05) is 12.1 Å². The molecule has 2 aromatic carbocycles. The van der Waals surface area contributed by atoms with Crippen molar-refractivity contribution in [3.05, 3.63) is 48.5 Å². The van der Waals surface area contributed by atoms with Crippen LogP contribution in [0.3, 0.4) is 0 Å². The Hall–Kier alpha value is -2.21. The summed E-state index contributed by atoms with van der Waals surface area (Å²) in [7, 11) is -1.65. The lowest BCUT2D eigenvalue weighted by Crippen LogP contribution is -2.23. The van der Waals surface area contributed by atoms with Gasteiger partial charge in [-0.15, -0.1) is 0 Å². The van der Waals surface area contributed by atoms with Crippen molar-refractivity contribution < 1.29 is 17.9 Å². The second-order valence-corrected chi connectivity index (χ2v) is 7.24. The van der Waals surface area contributed by atoms with Crippen LogP contribution in [0.15, 0.2) is 53.4 Å². The van der Waals surface area contributed by atoms with Gasteiger partial charge in [0.2, 0.25) is 0 Å². The summed E-state index contributed by atoms with van der Waals surface area (Å²) in [5, 5.41) is 3.13. The van der Waals surface area contributed by atoms with Crippen molar-refractivity contribution >= 4 is 15.5 Å². The molecule has 0 aliphatic rings. The van der Waals surface area contributed by atoms with E-state index in [0.29, 0.717) is 12.2 Å². The highest BCUT2D eigenvalue weighted by Crippen LogP contribution is 2.21. The van der Waals surface area contributed by atoms with Gasteiger partial charge in [0.25, 0.3) is 0 Å². The van der Waals surface area contributed by atoms with Gasteiger partial charge in [0, 0.05) is 6.26 Å². The van der Waals surface area contributed by atoms with Crippen LogP contribution < -0.4 is 14.8 Å². The van der Waals surface area contributed by atoms with E-state index < -0.39 is 9.84 Å². The number of benzene rings is 2. The summed E-state index contributed by atoms with van der Waals surface area (Å²) in [6, 6.07) is 14.2. The monoisotopic (exact) mass is 335 g/mol. The molecule has 0 amide bonds. The molecule has 0 spiro atoms. The average molecular weight is 335 g/mol. The largest absolute Gasteiger partial charge is 0.497 e. The lowest BCUT2D eigenvalue weighted by molar-refractivity contribution is 0.234. The van der Waals surface area contributed by atoms with E-state index in [1.807, 2.05) is 31.2 Å². The summed E-state index contributed by atoms with van der Waals surface area (Å²) in [6.07, 6.45) is 1.07. The molecule has 124 valence electrons. The minimum atomic E-state index is -3.27. The first-order chi connectivity index (χ1) is 10.9. The summed E-state index contributed by atoms with van der Waals surface area (Å²) in [4.78, 5) is 0.289. The lowest BCUT2D eigenvalue weighted by Gasteiger charge is -2.17. The van der Waals surface area contributed by atoms with Crippen molar-refractivity contribution in [2.75, 3.05) is 25.2 Å². The Bertz CT molecular complexity index is 741. The van der Waals surface area contributed by atoms with Crippen LogP contribution in [0.1, 0.15) is 6.92 Å². The number of sulfone groups is 1. The minimum absolute atomic E-state index is 0.129. The third-order valence-electron chi connectivity index (χ3n) is 3.26. The van der Waals surface area contributed by atoms with E-state index in [-0.39, 0.29) is 11.0 Å². The molecule has 0 saturated carbocycles. The smallest absolute Gasteiger partial charge is 0.177 e. The van der Waals surface area contributed by atoms with Crippen molar-refractivity contribution in [3.63, 3.8) is 0 Å². The molecule has 23 heavy (non-hydrogen) atoms. The third kappa shape index (κ3) is 4.89. The van der Waals surface area contributed by atoms with Gasteiger partial charge in [0.15, 0.2) is 9.84 Å². The normalized spacial score (nSPS) is 12.5. The second-order valence-electron chi connectivity index (χ2n) is 5.25. The summed E-state index contributed by atoms with van der Waals surface area (Å²) < 4.78 is 34.4. The van der Waals surface area contributed by atoms with Gasteiger partial charge in [0.1, 0.15) is 17.6 Å². The van der Waals surface area contributed by atoms with Gasteiger partial charge in [-0.2, -0.15) is 0 Å². The number of para-hydroxylation sites is 1. The molecule has 2 aromatic rings. The van der Waals surface area contributed by atoms with Gasteiger partial charge in [-0.25, -0.2) is 8.42 Å². The SMILES string of the molecule is COc1ccc(OC(C)CNc2ccccc2S(C)(=O)=O)cc1. The molecule has 2 rings (SSSR count). The van der Waals surface area contributed by atoms with Gasteiger partial charge in [0.05, 0.1) is 24.2 Å². The molecule has 0 bridgehead atoms. The van der Waals surface area contributed by atoms with E-state index in [2.05, 4.69) is 5.32 Å². The van der Waals surface area contributed by atoms with E-state index in [1.54, 1.807) is 31.4 Å². The molecule has 0 saturated heterocycles. The molecule has 1 unspecified atom stereocenters. The van der Waals surface area contributed by atoms with Crippen LogP contribution in [0.2, 0.25) is 0 Å². The highest BCUT2D eigenvalue weighted by atomic mass is 32.2. The topological polar surface area (TPSA) is 64.6 Å². The number of anilines is 1. The molecule has 0 aliphatic carbocycles. The van der Waals surface area contributed by atoms with Gasteiger partial charge >= 0.3 is 0 Å². The molecule has 0 fully saturated rings. The Kier molecular flexibility index (Phi) is 5.50. The number of hydrogen-bond donors (Lipinski definition) is 1. The minimum Gasteiger partial charge on any atom is -0.497 e. The maximum atomic E-state index is 11.8. The van der Waals surface area contributed by atoms with Crippen LogP contribution in [-0.4, -0.2) is 34.4 Å². The Balaban J connectivity index is 1.98. The number of hydrogen-bond acceptors (Lipinski definition) is 5. The van der Waals surface area contributed by atoms with Gasteiger partial charge in [-0.3, -0.25) is 0 Å². The Morgan fingerprint density at radius 2 is 1.65 bits per heavy atom. The van der Waals surface area contributed by atoms with Crippen LogP contribution >= 0.6 is 0 Å². The number of rotatable bonds is 7. The number of ether oxygens (including phenoxy) is 2. The van der Waals surface area contributed by atoms with E-state index >= 15 is 0 Å². The van der Waals surface area contributed by atoms with E-state index in [1.165, 1.54) is 6.26 Å². The Morgan fingerprint density at radius 1 is 1.04 bits per heavy atom. The zero-order chi connectivity index (χ0) is 16.9. The zero-order valence-electron chi connectivity index (χ0n) is 13.4. The molecule has 6 heteroatoms. The molecule has 5 nitrogen and oxygen atoms in total. The summed E-state index contributed by atoms with van der Waals surface area (Å²) in [5.41, 5.74) is 0.584. The van der Waals surface area contributed by atoms with E-state index in [4.69, 9.17) is 9.47 Å². The predicted molar refractivity (Wildman–Crippen MR) is 91.1 cm³/mol.